The molecule has 0 spiro atoms. The molecule has 0 radical (unpaired) electrons. The van der Waals surface area contributed by atoms with Gasteiger partial charge < -0.3 is 10.5 Å². The summed E-state index contributed by atoms with van der Waals surface area (Å²) < 4.78 is 4.86. The Bertz CT molecular complexity index is 500. The molecule has 2 N–H and O–H groups in total. The summed E-state index contributed by atoms with van der Waals surface area (Å²) in [5, 5.41) is 0. The highest BCUT2D eigenvalue weighted by Crippen LogP contribution is 1.94. The molecule has 1 aromatic carbocycles. The topological polar surface area (TPSA) is 52.3 Å². The highest BCUT2D eigenvalue weighted by molar-refractivity contribution is 5.82. The van der Waals surface area contributed by atoms with E-state index in [1.807, 2.05) is 30.3 Å². The molecule has 0 aliphatic heterocycles. The first kappa shape index (κ1) is 13.6. The van der Waals surface area contributed by atoms with Crippen LogP contribution in [0.2, 0.25) is 0 Å². The van der Waals surface area contributed by atoms with Gasteiger partial charge in [0, 0.05) is 17.3 Å². The molecule has 0 aromatic heterocycles. The van der Waals surface area contributed by atoms with Crippen LogP contribution in [0, 0.1) is 11.8 Å². The summed E-state index contributed by atoms with van der Waals surface area (Å²) in [6.07, 6.45) is 4.57. The molecular weight excluding hydrogens is 226 g/mol. The zero-order chi connectivity index (χ0) is 13.2. The van der Waals surface area contributed by atoms with Gasteiger partial charge in [0.2, 0.25) is 0 Å². The van der Waals surface area contributed by atoms with Gasteiger partial charge in [-0.1, -0.05) is 30.0 Å². The molecule has 0 saturated heterocycles. The van der Waals surface area contributed by atoms with Crippen molar-refractivity contribution in [1.82, 2.24) is 0 Å². The fraction of sp³-hybridized carbons (Fsp3) is 0.133. The van der Waals surface area contributed by atoms with Gasteiger partial charge >= 0.3 is 5.97 Å². The van der Waals surface area contributed by atoms with Crippen LogP contribution in [-0.4, -0.2) is 12.6 Å². The fourth-order valence-corrected chi connectivity index (χ4v) is 1.11. The van der Waals surface area contributed by atoms with E-state index in [1.165, 1.54) is 6.08 Å². The second kappa shape index (κ2) is 7.75. The summed E-state index contributed by atoms with van der Waals surface area (Å²) in [5.41, 5.74) is 6.70. The van der Waals surface area contributed by atoms with Gasteiger partial charge in [0.15, 0.2) is 0 Å². The van der Waals surface area contributed by atoms with Crippen LogP contribution in [0.15, 0.2) is 54.3 Å². The predicted octanol–water partition coefficient (Wildman–Crippen LogP) is 2.00. The number of nitrogens with two attached hydrogens (primary N) is 1. The minimum absolute atomic E-state index is 0.187. The van der Waals surface area contributed by atoms with E-state index in [0.717, 1.165) is 5.56 Å². The van der Waals surface area contributed by atoms with E-state index in [2.05, 4.69) is 11.8 Å². The van der Waals surface area contributed by atoms with Crippen molar-refractivity contribution in [3.05, 3.63) is 59.8 Å². The maximum Gasteiger partial charge on any atom is 0.332 e. The highest BCUT2D eigenvalue weighted by atomic mass is 16.5. The lowest BCUT2D eigenvalue weighted by Gasteiger charge is -1.95. The van der Waals surface area contributed by atoms with Gasteiger partial charge in [0.25, 0.3) is 0 Å². The van der Waals surface area contributed by atoms with E-state index in [1.54, 1.807) is 19.1 Å². The molecule has 3 nitrogen and oxygen atoms in total. The van der Waals surface area contributed by atoms with Crippen LogP contribution < -0.4 is 5.73 Å². The lowest BCUT2D eigenvalue weighted by atomic mass is 10.2. The number of esters is 1. The van der Waals surface area contributed by atoms with Crippen LogP contribution >= 0.6 is 0 Å². The monoisotopic (exact) mass is 241 g/mol. The van der Waals surface area contributed by atoms with Gasteiger partial charge in [-0.15, -0.1) is 0 Å². The van der Waals surface area contributed by atoms with Crippen LogP contribution in [-0.2, 0) is 9.53 Å². The summed E-state index contributed by atoms with van der Waals surface area (Å²) in [4.78, 5) is 11.1. The van der Waals surface area contributed by atoms with Crippen LogP contribution in [0.25, 0.3) is 0 Å². The quantitative estimate of drug-likeness (QED) is 0.500. The SMILES string of the molecule is C/C(N)=C/C(=O)OC/C=C/C#Cc1ccccc1. The fourth-order valence-electron chi connectivity index (χ4n) is 1.11. The van der Waals surface area contributed by atoms with E-state index >= 15 is 0 Å². The second-order valence-electron chi connectivity index (χ2n) is 3.56. The molecule has 0 heterocycles. The molecule has 0 aliphatic carbocycles. The minimum atomic E-state index is -0.448. The summed E-state index contributed by atoms with van der Waals surface area (Å²) >= 11 is 0. The lowest BCUT2D eigenvalue weighted by Crippen LogP contribution is -2.03. The maximum absolute atomic E-state index is 11.1. The van der Waals surface area contributed by atoms with E-state index in [0.29, 0.717) is 5.70 Å². The minimum Gasteiger partial charge on any atom is -0.458 e. The Labute approximate surface area is 107 Å². The molecule has 92 valence electrons. The summed E-state index contributed by atoms with van der Waals surface area (Å²) in [5.74, 6) is 5.36. The molecule has 0 saturated carbocycles. The molecule has 0 bridgehead atoms. The zero-order valence-corrected chi connectivity index (χ0v) is 10.2. The first-order chi connectivity index (χ1) is 8.68. The zero-order valence-electron chi connectivity index (χ0n) is 10.2. The summed E-state index contributed by atoms with van der Waals surface area (Å²) in [6, 6.07) is 9.65. The van der Waals surface area contributed by atoms with Crippen molar-refractivity contribution in [2.24, 2.45) is 5.73 Å². The van der Waals surface area contributed by atoms with Gasteiger partial charge in [-0.05, 0) is 31.2 Å². The third-order valence-corrected chi connectivity index (χ3v) is 1.86. The third-order valence-electron chi connectivity index (χ3n) is 1.86. The molecule has 1 aromatic rings. The summed E-state index contributed by atoms with van der Waals surface area (Å²) in [6.45, 7) is 1.81. The smallest absolute Gasteiger partial charge is 0.332 e. The van der Waals surface area contributed by atoms with Crippen molar-refractivity contribution >= 4 is 5.97 Å². The number of ether oxygens (including phenoxy) is 1. The Kier molecular flexibility index (Phi) is 5.85. The molecule has 18 heavy (non-hydrogen) atoms. The van der Waals surface area contributed by atoms with E-state index < -0.39 is 5.97 Å². The molecular formula is C15H15NO2. The van der Waals surface area contributed by atoms with Crippen molar-refractivity contribution < 1.29 is 9.53 Å². The Balaban J connectivity index is 2.33. The average molecular weight is 241 g/mol. The number of allylic oxidation sites excluding steroid dienone is 2. The predicted molar refractivity (Wildman–Crippen MR) is 71.4 cm³/mol. The van der Waals surface area contributed by atoms with Gasteiger partial charge in [-0.2, -0.15) is 0 Å². The molecule has 3 heteroatoms. The van der Waals surface area contributed by atoms with Crippen molar-refractivity contribution in [3.63, 3.8) is 0 Å². The van der Waals surface area contributed by atoms with Crippen LogP contribution in [0.1, 0.15) is 12.5 Å². The van der Waals surface area contributed by atoms with E-state index in [4.69, 9.17) is 10.5 Å². The Hall–Kier alpha value is -2.47. The van der Waals surface area contributed by atoms with E-state index in [9.17, 15) is 4.79 Å². The number of benzene rings is 1. The number of rotatable bonds is 3. The van der Waals surface area contributed by atoms with Gasteiger partial charge in [0.05, 0.1) is 0 Å². The van der Waals surface area contributed by atoms with Gasteiger partial charge in [-0.25, -0.2) is 4.79 Å². The Morgan fingerprint density at radius 3 is 2.78 bits per heavy atom. The molecule has 0 atom stereocenters. The molecule has 0 fully saturated rings. The standard InChI is InChI=1S/C15H15NO2/c1-13(16)12-15(17)18-11-7-3-6-10-14-8-4-2-5-9-14/h2-5,7-9,12H,11,16H2,1H3/b7-3+,13-12-. The van der Waals surface area contributed by atoms with Crippen molar-refractivity contribution in [2.45, 2.75) is 6.92 Å². The second-order valence-corrected chi connectivity index (χ2v) is 3.56. The lowest BCUT2D eigenvalue weighted by molar-refractivity contribution is -0.136. The van der Waals surface area contributed by atoms with Crippen molar-refractivity contribution in [3.8, 4) is 11.8 Å². The Morgan fingerprint density at radius 2 is 2.11 bits per heavy atom. The highest BCUT2D eigenvalue weighted by Gasteiger charge is 1.94. The third kappa shape index (κ3) is 6.19. The van der Waals surface area contributed by atoms with Crippen LogP contribution in [0.3, 0.4) is 0 Å². The number of hydrogen-bond acceptors (Lipinski definition) is 3. The average Bonchev–Trinajstić information content (AvgIpc) is 2.34. The first-order valence-corrected chi connectivity index (χ1v) is 5.50. The number of hydrogen-bond donors (Lipinski definition) is 1. The number of carbonyl (C=O) groups is 1. The molecule has 0 unspecified atom stereocenters. The normalized spacial score (nSPS) is 10.8. The van der Waals surface area contributed by atoms with E-state index in [-0.39, 0.29) is 6.61 Å². The van der Waals surface area contributed by atoms with Crippen LogP contribution in [0.5, 0.6) is 0 Å². The van der Waals surface area contributed by atoms with Gasteiger partial charge in [0.1, 0.15) is 6.61 Å². The largest absolute Gasteiger partial charge is 0.458 e. The number of carbonyl (C=O) groups excluding carboxylic acids is 1. The molecule has 0 aliphatic rings. The van der Waals surface area contributed by atoms with Crippen LogP contribution in [0.4, 0.5) is 0 Å². The van der Waals surface area contributed by atoms with Crippen molar-refractivity contribution in [2.75, 3.05) is 6.61 Å². The first-order valence-electron chi connectivity index (χ1n) is 5.50. The Morgan fingerprint density at radius 1 is 1.39 bits per heavy atom. The maximum atomic E-state index is 11.1. The van der Waals surface area contributed by atoms with Gasteiger partial charge in [-0.3, -0.25) is 0 Å². The molecule has 1 rings (SSSR count). The summed E-state index contributed by atoms with van der Waals surface area (Å²) in [7, 11) is 0. The molecule has 0 amide bonds. The van der Waals surface area contributed by atoms with Crippen molar-refractivity contribution in [1.29, 1.82) is 0 Å².